The van der Waals surface area contributed by atoms with E-state index in [9.17, 15) is 0 Å². The number of methoxy groups -OCH3 is 1. The third-order valence-corrected chi connectivity index (χ3v) is 3.12. The van der Waals surface area contributed by atoms with Gasteiger partial charge in [-0.05, 0) is 25.5 Å². The van der Waals surface area contributed by atoms with E-state index in [4.69, 9.17) is 4.74 Å². The number of ether oxygens (including phenoxy) is 1. The maximum Gasteiger partial charge on any atom is 0.139 e. The van der Waals surface area contributed by atoms with E-state index in [0.717, 1.165) is 48.0 Å². The van der Waals surface area contributed by atoms with Crippen LogP contribution in [0.5, 0.6) is 5.75 Å². The molecule has 1 aromatic carbocycles. The average molecular weight is 286 g/mol. The van der Waals surface area contributed by atoms with Crippen LogP contribution in [0.2, 0.25) is 0 Å². The number of aromatic nitrogens is 2. The fourth-order valence-electron chi connectivity index (χ4n) is 2.16. The van der Waals surface area contributed by atoms with Crippen LogP contribution in [0.3, 0.4) is 0 Å². The van der Waals surface area contributed by atoms with Crippen molar-refractivity contribution in [2.75, 3.05) is 24.3 Å². The number of nitrogens with one attached hydrogen (secondary N) is 2. The van der Waals surface area contributed by atoms with Crippen LogP contribution >= 0.6 is 0 Å². The Hall–Kier alpha value is -2.30. The van der Waals surface area contributed by atoms with Crippen molar-refractivity contribution in [3.63, 3.8) is 0 Å². The zero-order chi connectivity index (χ0) is 15.1. The molecule has 5 nitrogen and oxygen atoms in total. The zero-order valence-electron chi connectivity index (χ0n) is 12.8. The molecular formula is C16H22N4O. The second kappa shape index (κ2) is 7.47. The van der Waals surface area contributed by atoms with E-state index in [1.807, 2.05) is 24.3 Å². The standard InChI is InChI=1S/C16H22N4O/c1-4-7-14-15(17-5-2)18-11-19-16(14)20-12-8-6-9-13(10-12)21-3/h6,8-11H,4-5,7H2,1-3H3,(H2,17,18,19,20). The van der Waals surface area contributed by atoms with E-state index in [-0.39, 0.29) is 0 Å². The van der Waals surface area contributed by atoms with Gasteiger partial charge in [-0.25, -0.2) is 9.97 Å². The molecule has 5 heteroatoms. The molecule has 0 saturated carbocycles. The Morgan fingerprint density at radius 2 is 1.95 bits per heavy atom. The summed E-state index contributed by atoms with van der Waals surface area (Å²) in [6, 6.07) is 7.81. The summed E-state index contributed by atoms with van der Waals surface area (Å²) in [5.41, 5.74) is 2.07. The summed E-state index contributed by atoms with van der Waals surface area (Å²) < 4.78 is 5.25. The zero-order valence-corrected chi connectivity index (χ0v) is 12.8. The third kappa shape index (κ3) is 3.84. The Morgan fingerprint density at radius 1 is 1.14 bits per heavy atom. The van der Waals surface area contributed by atoms with E-state index >= 15 is 0 Å². The van der Waals surface area contributed by atoms with Gasteiger partial charge in [-0.2, -0.15) is 0 Å². The third-order valence-electron chi connectivity index (χ3n) is 3.12. The molecule has 0 unspecified atom stereocenters. The van der Waals surface area contributed by atoms with Crippen molar-refractivity contribution in [1.29, 1.82) is 0 Å². The summed E-state index contributed by atoms with van der Waals surface area (Å²) in [6.45, 7) is 5.05. The van der Waals surface area contributed by atoms with Gasteiger partial charge in [0, 0.05) is 23.9 Å². The molecule has 2 N–H and O–H groups in total. The van der Waals surface area contributed by atoms with E-state index in [1.165, 1.54) is 0 Å². The summed E-state index contributed by atoms with van der Waals surface area (Å²) >= 11 is 0. The number of nitrogens with zero attached hydrogens (tertiary/aromatic N) is 2. The minimum Gasteiger partial charge on any atom is -0.497 e. The van der Waals surface area contributed by atoms with E-state index < -0.39 is 0 Å². The fourth-order valence-corrected chi connectivity index (χ4v) is 2.16. The van der Waals surface area contributed by atoms with Crippen LogP contribution in [0.1, 0.15) is 25.8 Å². The van der Waals surface area contributed by atoms with Crippen molar-refractivity contribution in [2.24, 2.45) is 0 Å². The maximum absolute atomic E-state index is 5.25. The molecule has 21 heavy (non-hydrogen) atoms. The number of anilines is 3. The lowest BCUT2D eigenvalue weighted by molar-refractivity contribution is 0.415. The molecule has 0 fully saturated rings. The van der Waals surface area contributed by atoms with Crippen LogP contribution < -0.4 is 15.4 Å². The van der Waals surface area contributed by atoms with Crippen molar-refractivity contribution >= 4 is 17.3 Å². The molecule has 0 amide bonds. The molecule has 0 aliphatic carbocycles. The van der Waals surface area contributed by atoms with Crippen LogP contribution in [0.4, 0.5) is 17.3 Å². The molecular weight excluding hydrogens is 264 g/mol. The Kier molecular flexibility index (Phi) is 5.37. The van der Waals surface area contributed by atoms with Crippen LogP contribution in [0.15, 0.2) is 30.6 Å². The molecule has 0 radical (unpaired) electrons. The van der Waals surface area contributed by atoms with Gasteiger partial charge in [0.05, 0.1) is 7.11 Å². The fraction of sp³-hybridized carbons (Fsp3) is 0.375. The van der Waals surface area contributed by atoms with Gasteiger partial charge in [0.2, 0.25) is 0 Å². The van der Waals surface area contributed by atoms with Crippen molar-refractivity contribution in [3.05, 3.63) is 36.2 Å². The lowest BCUT2D eigenvalue weighted by atomic mass is 10.1. The Labute approximate surface area is 125 Å². The quantitative estimate of drug-likeness (QED) is 0.814. The minimum absolute atomic E-state index is 0.818. The predicted octanol–water partition coefficient (Wildman–Crippen LogP) is 3.61. The highest BCUT2D eigenvalue weighted by atomic mass is 16.5. The molecule has 1 heterocycles. The van der Waals surface area contributed by atoms with Gasteiger partial charge in [0.1, 0.15) is 23.7 Å². The number of benzene rings is 1. The molecule has 0 spiro atoms. The highest BCUT2D eigenvalue weighted by Gasteiger charge is 2.10. The summed E-state index contributed by atoms with van der Waals surface area (Å²) in [5, 5.41) is 6.65. The van der Waals surface area contributed by atoms with E-state index in [1.54, 1.807) is 13.4 Å². The number of hydrogen-bond acceptors (Lipinski definition) is 5. The SMILES string of the molecule is CCCc1c(NCC)ncnc1Nc1cccc(OC)c1. The van der Waals surface area contributed by atoms with Crippen molar-refractivity contribution in [2.45, 2.75) is 26.7 Å². The minimum atomic E-state index is 0.818. The lowest BCUT2D eigenvalue weighted by Gasteiger charge is -2.14. The highest BCUT2D eigenvalue weighted by Crippen LogP contribution is 2.26. The molecule has 0 saturated heterocycles. The number of rotatable bonds is 7. The lowest BCUT2D eigenvalue weighted by Crippen LogP contribution is -2.08. The molecule has 2 rings (SSSR count). The molecule has 112 valence electrons. The van der Waals surface area contributed by atoms with Gasteiger partial charge in [0.25, 0.3) is 0 Å². The normalized spacial score (nSPS) is 10.2. The van der Waals surface area contributed by atoms with Crippen molar-refractivity contribution in [3.8, 4) is 5.75 Å². The van der Waals surface area contributed by atoms with Gasteiger partial charge < -0.3 is 15.4 Å². The summed E-state index contributed by atoms with van der Waals surface area (Å²) in [4.78, 5) is 8.72. The molecule has 0 aliphatic heterocycles. The first-order chi connectivity index (χ1) is 10.3. The summed E-state index contributed by atoms with van der Waals surface area (Å²) in [5.74, 6) is 2.56. The van der Waals surface area contributed by atoms with Crippen LogP contribution in [-0.4, -0.2) is 23.6 Å². The second-order valence-electron chi connectivity index (χ2n) is 4.69. The summed E-state index contributed by atoms with van der Waals surface area (Å²) in [6.07, 6.45) is 3.55. The van der Waals surface area contributed by atoms with Gasteiger partial charge in [0.15, 0.2) is 0 Å². The van der Waals surface area contributed by atoms with Crippen LogP contribution in [-0.2, 0) is 6.42 Å². The first-order valence-electron chi connectivity index (χ1n) is 7.27. The van der Waals surface area contributed by atoms with Gasteiger partial charge in [-0.1, -0.05) is 19.4 Å². The van der Waals surface area contributed by atoms with Gasteiger partial charge >= 0.3 is 0 Å². The summed E-state index contributed by atoms with van der Waals surface area (Å²) in [7, 11) is 1.66. The molecule has 0 atom stereocenters. The van der Waals surface area contributed by atoms with E-state index in [2.05, 4.69) is 34.4 Å². The highest BCUT2D eigenvalue weighted by molar-refractivity contribution is 5.65. The largest absolute Gasteiger partial charge is 0.497 e. The van der Waals surface area contributed by atoms with Gasteiger partial charge in [-0.3, -0.25) is 0 Å². The monoisotopic (exact) mass is 286 g/mol. The van der Waals surface area contributed by atoms with E-state index in [0.29, 0.717) is 0 Å². The smallest absolute Gasteiger partial charge is 0.139 e. The molecule has 0 bridgehead atoms. The van der Waals surface area contributed by atoms with Crippen molar-refractivity contribution in [1.82, 2.24) is 9.97 Å². The molecule has 0 aliphatic rings. The maximum atomic E-state index is 5.25. The molecule has 2 aromatic rings. The second-order valence-corrected chi connectivity index (χ2v) is 4.69. The van der Waals surface area contributed by atoms with Crippen LogP contribution in [0, 0.1) is 0 Å². The number of hydrogen-bond donors (Lipinski definition) is 2. The topological polar surface area (TPSA) is 59.1 Å². The Balaban J connectivity index is 2.31. The molecule has 1 aromatic heterocycles. The van der Waals surface area contributed by atoms with Crippen molar-refractivity contribution < 1.29 is 4.74 Å². The predicted molar refractivity (Wildman–Crippen MR) is 86.5 cm³/mol. The first kappa shape index (κ1) is 15.1. The van der Waals surface area contributed by atoms with Crippen LogP contribution in [0.25, 0.3) is 0 Å². The Bertz CT molecular complexity index is 586. The Morgan fingerprint density at radius 3 is 2.67 bits per heavy atom. The average Bonchev–Trinajstić information content (AvgIpc) is 2.51. The van der Waals surface area contributed by atoms with Gasteiger partial charge in [-0.15, -0.1) is 0 Å². The first-order valence-corrected chi connectivity index (χ1v) is 7.27.